The van der Waals surface area contributed by atoms with Crippen LogP contribution in [0, 0.1) is 0 Å². The molecule has 1 saturated carbocycles. The van der Waals surface area contributed by atoms with Crippen molar-refractivity contribution in [3.8, 4) is 0 Å². The maximum absolute atomic E-state index is 5.65. The first-order chi connectivity index (χ1) is 4.47. The minimum Gasteiger partial charge on any atom is -0.328 e. The van der Waals surface area contributed by atoms with Crippen molar-refractivity contribution in [3.63, 3.8) is 0 Å². The van der Waals surface area contributed by atoms with Gasteiger partial charge in [-0.05, 0) is 33.6 Å². The molecular formula is C8H18N2. The molecule has 60 valence electrons. The molecule has 0 amide bonds. The van der Waals surface area contributed by atoms with E-state index in [2.05, 4.69) is 26.1 Å². The third-order valence-corrected chi connectivity index (χ3v) is 1.81. The highest BCUT2D eigenvalue weighted by atomic mass is 15.0. The molecule has 1 aliphatic carbocycles. The molecule has 0 aromatic heterocycles. The van der Waals surface area contributed by atoms with Crippen molar-refractivity contribution in [2.24, 2.45) is 5.73 Å². The van der Waals surface area contributed by atoms with E-state index in [1.165, 1.54) is 0 Å². The van der Waals surface area contributed by atoms with Crippen LogP contribution in [0.15, 0.2) is 0 Å². The number of rotatable bonds is 1. The van der Waals surface area contributed by atoms with Gasteiger partial charge >= 0.3 is 0 Å². The van der Waals surface area contributed by atoms with Crippen LogP contribution < -0.4 is 11.1 Å². The van der Waals surface area contributed by atoms with Crippen LogP contribution in [0.5, 0.6) is 0 Å². The molecule has 0 aromatic carbocycles. The zero-order chi connectivity index (χ0) is 7.78. The molecule has 1 rings (SSSR count). The summed E-state index contributed by atoms with van der Waals surface area (Å²) < 4.78 is 0. The Morgan fingerprint density at radius 3 is 2.10 bits per heavy atom. The Morgan fingerprint density at radius 2 is 1.80 bits per heavy atom. The second-order valence-corrected chi connectivity index (χ2v) is 4.32. The standard InChI is InChI=1S/C8H18N2/c1-8(2,3)10-7-4-6(9)5-7/h6-7,10H,4-5,9H2,1-3H3/t6-,7-. The van der Waals surface area contributed by atoms with Crippen molar-refractivity contribution in [2.75, 3.05) is 0 Å². The summed E-state index contributed by atoms with van der Waals surface area (Å²) in [5.41, 5.74) is 5.90. The SMILES string of the molecule is CC(C)(C)N[C@H]1C[C@H](N)C1. The minimum atomic E-state index is 0.255. The van der Waals surface area contributed by atoms with Gasteiger partial charge in [-0.3, -0.25) is 0 Å². The summed E-state index contributed by atoms with van der Waals surface area (Å²) in [5, 5.41) is 3.51. The van der Waals surface area contributed by atoms with Crippen LogP contribution in [0.3, 0.4) is 0 Å². The third kappa shape index (κ3) is 2.27. The van der Waals surface area contributed by atoms with Gasteiger partial charge in [0.25, 0.3) is 0 Å². The van der Waals surface area contributed by atoms with E-state index in [1.54, 1.807) is 0 Å². The predicted octanol–water partition coefficient (Wildman–Crippen LogP) is 0.864. The lowest BCUT2D eigenvalue weighted by Crippen LogP contribution is -2.54. The summed E-state index contributed by atoms with van der Waals surface area (Å²) in [4.78, 5) is 0. The van der Waals surface area contributed by atoms with Gasteiger partial charge in [0.1, 0.15) is 0 Å². The molecule has 1 aliphatic rings. The first-order valence-corrected chi connectivity index (χ1v) is 4.01. The van der Waals surface area contributed by atoms with Crippen LogP contribution in [-0.2, 0) is 0 Å². The summed E-state index contributed by atoms with van der Waals surface area (Å²) in [6, 6.07) is 1.13. The monoisotopic (exact) mass is 142 g/mol. The Kier molecular flexibility index (Phi) is 2.02. The Bertz CT molecular complexity index is 109. The first-order valence-electron chi connectivity index (χ1n) is 4.01. The van der Waals surface area contributed by atoms with E-state index in [1.807, 2.05) is 0 Å². The molecule has 0 aliphatic heterocycles. The molecule has 0 unspecified atom stereocenters. The van der Waals surface area contributed by atoms with Gasteiger partial charge in [0.2, 0.25) is 0 Å². The molecule has 0 spiro atoms. The van der Waals surface area contributed by atoms with E-state index in [9.17, 15) is 0 Å². The number of hydrogen-bond acceptors (Lipinski definition) is 2. The Hall–Kier alpha value is -0.0800. The largest absolute Gasteiger partial charge is 0.328 e. The zero-order valence-corrected chi connectivity index (χ0v) is 7.15. The van der Waals surface area contributed by atoms with Crippen molar-refractivity contribution < 1.29 is 0 Å². The average molecular weight is 142 g/mol. The van der Waals surface area contributed by atoms with Crippen LogP contribution >= 0.6 is 0 Å². The van der Waals surface area contributed by atoms with E-state index in [4.69, 9.17) is 5.73 Å². The molecule has 2 nitrogen and oxygen atoms in total. The fraction of sp³-hybridized carbons (Fsp3) is 1.00. The van der Waals surface area contributed by atoms with Crippen molar-refractivity contribution >= 4 is 0 Å². The maximum Gasteiger partial charge on any atom is 0.0101 e. The Labute approximate surface area is 63.2 Å². The van der Waals surface area contributed by atoms with Crippen molar-refractivity contribution in [1.29, 1.82) is 0 Å². The highest BCUT2D eigenvalue weighted by Crippen LogP contribution is 2.19. The molecular weight excluding hydrogens is 124 g/mol. The lowest BCUT2D eigenvalue weighted by molar-refractivity contribution is 0.237. The van der Waals surface area contributed by atoms with Crippen LogP contribution in [-0.4, -0.2) is 17.6 Å². The lowest BCUT2D eigenvalue weighted by atomic mass is 9.86. The topological polar surface area (TPSA) is 38.0 Å². The number of nitrogens with two attached hydrogens (primary N) is 1. The molecule has 0 bridgehead atoms. The van der Waals surface area contributed by atoms with Crippen LogP contribution in [0.25, 0.3) is 0 Å². The van der Waals surface area contributed by atoms with Gasteiger partial charge in [0.15, 0.2) is 0 Å². The minimum absolute atomic E-state index is 0.255. The molecule has 0 atom stereocenters. The highest BCUT2D eigenvalue weighted by Gasteiger charge is 2.28. The quantitative estimate of drug-likeness (QED) is 0.570. The van der Waals surface area contributed by atoms with Crippen molar-refractivity contribution in [3.05, 3.63) is 0 Å². The predicted molar refractivity (Wildman–Crippen MR) is 43.9 cm³/mol. The van der Waals surface area contributed by atoms with Crippen LogP contribution in [0.2, 0.25) is 0 Å². The average Bonchev–Trinajstić information content (AvgIpc) is 1.57. The highest BCUT2D eigenvalue weighted by molar-refractivity contribution is 4.91. The zero-order valence-electron chi connectivity index (χ0n) is 7.15. The maximum atomic E-state index is 5.65. The molecule has 3 N–H and O–H groups in total. The van der Waals surface area contributed by atoms with E-state index in [0.717, 1.165) is 12.8 Å². The molecule has 0 aromatic rings. The Balaban J connectivity index is 2.16. The van der Waals surface area contributed by atoms with E-state index in [0.29, 0.717) is 12.1 Å². The molecule has 0 saturated heterocycles. The van der Waals surface area contributed by atoms with Crippen molar-refractivity contribution in [1.82, 2.24) is 5.32 Å². The van der Waals surface area contributed by atoms with Crippen molar-refractivity contribution in [2.45, 2.75) is 51.2 Å². The summed E-state index contributed by atoms with van der Waals surface area (Å²) in [6.45, 7) is 6.57. The van der Waals surface area contributed by atoms with Gasteiger partial charge in [-0.2, -0.15) is 0 Å². The molecule has 1 fully saturated rings. The van der Waals surface area contributed by atoms with E-state index in [-0.39, 0.29) is 5.54 Å². The van der Waals surface area contributed by atoms with E-state index >= 15 is 0 Å². The summed E-state index contributed by atoms with van der Waals surface area (Å²) in [5.74, 6) is 0. The number of nitrogens with one attached hydrogen (secondary N) is 1. The van der Waals surface area contributed by atoms with Gasteiger partial charge in [-0.25, -0.2) is 0 Å². The van der Waals surface area contributed by atoms with Gasteiger partial charge in [0, 0.05) is 17.6 Å². The summed E-state index contributed by atoms with van der Waals surface area (Å²) >= 11 is 0. The fourth-order valence-corrected chi connectivity index (χ4v) is 1.39. The Morgan fingerprint density at radius 1 is 1.30 bits per heavy atom. The van der Waals surface area contributed by atoms with Crippen LogP contribution in [0.1, 0.15) is 33.6 Å². The third-order valence-electron chi connectivity index (χ3n) is 1.81. The van der Waals surface area contributed by atoms with Gasteiger partial charge < -0.3 is 11.1 Å². The van der Waals surface area contributed by atoms with Gasteiger partial charge in [-0.1, -0.05) is 0 Å². The summed E-state index contributed by atoms with van der Waals surface area (Å²) in [7, 11) is 0. The normalized spacial score (nSPS) is 33.6. The lowest BCUT2D eigenvalue weighted by Gasteiger charge is -2.38. The molecule has 0 heterocycles. The number of hydrogen-bond donors (Lipinski definition) is 2. The van der Waals surface area contributed by atoms with Gasteiger partial charge in [0.05, 0.1) is 0 Å². The molecule has 2 heteroatoms. The smallest absolute Gasteiger partial charge is 0.0101 e. The molecule has 0 radical (unpaired) electrons. The van der Waals surface area contributed by atoms with Crippen LogP contribution in [0.4, 0.5) is 0 Å². The second kappa shape index (κ2) is 2.51. The first kappa shape index (κ1) is 8.02. The molecule has 10 heavy (non-hydrogen) atoms. The van der Waals surface area contributed by atoms with E-state index < -0.39 is 0 Å². The summed E-state index contributed by atoms with van der Waals surface area (Å²) in [6.07, 6.45) is 2.30. The van der Waals surface area contributed by atoms with Gasteiger partial charge in [-0.15, -0.1) is 0 Å². The second-order valence-electron chi connectivity index (χ2n) is 4.32. The fourth-order valence-electron chi connectivity index (χ4n) is 1.39.